The third-order valence-electron chi connectivity index (χ3n) is 2.61. The van der Waals surface area contributed by atoms with Gasteiger partial charge in [0.2, 0.25) is 0 Å². The van der Waals surface area contributed by atoms with E-state index < -0.39 is 0 Å². The van der Waals surface area contributed by atoms with Crippen molar-refractivity contribution in [3.8, 4) is 5.75 Å². The first kappa shape index (κ1) is 13.6. The molecule has 0 aliphatic rings. The van der Waals surface area contributed by atoms with Gasteiger partial charge in [0.05, 0.1) is 20.3 Å². The maximum Gasteiger partial charge on any atom is 0.118 e. The summed E-state index contributed by atoms with van der Waals surface area (Å²) < 4.78 is 10.7. The van der Waals surface area contributed by atoms with Crippen LogP contribution in [0.4, 0.5) is 0 Å². The van der Waals surface area contributed by atoms with Crippen LogP contribution in [0.3, 0.4) is 0 Å². The Morgan fingerprint density at radius 2 is 1.94 bits per heavy atom. The number of hydrogen-bond donors (Lipinski definition) is 0. The minimum Gasteiger partial charge on any atom is -0.497 e. The first-order valence-electron chi connectivity index (χ1n) is 5.77. The van der Waals surface area contributed by atoms with E-state index in [1.807, 2.05) is 24.3 Å². The molecule has 17 heavy (non-hydrogen) atoms. The third-order valence-corrected chi connectivity index (χ3v) is 2.61. The Bertz CT molecular complexity index is 384. The molecule has 0 aromatic heterocycles. The topological polar surface area (TPSA) is 18.5 Å². The number of benzene rings is 1. The van der Waals surface area contributed by atoms with E-state index in [0.29, 0.717) is 19.1 Å². The maximum absolute atomic E-state index is 5.63. The Morgan fingerprint density at radius 1 is 1.29 bits per heavy atom. The summed E-state index contributed by atoms with van der Waals surface area (Å²) >= 11 is 0. The van der Waals surface area contributed by atoms with E-state index in [2.05, 4.69) is 26.2 Å². The molecule has 0 unspecified atom stereocenters. The molecule has 0 aliphatic heterocycles. The molecule has 0 N–H and O–H groups in total. The molecule has 0 heterocycles. The largest absolute Gasteiger partial charge is 0.497 e. The third kappa shape index (κ3) is 4.48. The predicted octanol–water partition coefficient (Wildman–Crippen LogP) is 3.58. The van der Waals surface area contributed by atoms with E-state index in [-0.39, 0.29) is 0 Å². The Morgan fingerprint density at radius 3 is 2.41 bits per heavy atom. The Hall–Kier alpha value is -1.50. The molecule has 1 aromatic rings. The molecule has 0 saturated heterocycles. The van der Waals surface area contributed by atoms with Crippen LogP contribution in [-0.4, -0.2) is 13.7 Å². The molecule has 0 spiro atoms. The zero-order chi connectivity index (χ0) is 12.7. The zero-order valence-electron chi connectivity index (χ0n) is 10.8. The van der Waals surface area contributed by atoms with Crippen LogP contribution < -0.4 is 4.74 Å². The summed E-state index contributed by atoms with van der Waals surface area (Å²) in [4.78, 5) is 0. The summed E-state index contributed by atoms with van der Waals surface area (Å²) in [6, 6.07) is 7.88. The predicted molar refractivity (Wildman–Crippen MR) is 70.1 cm³/mol. The summed E-state index contributed by atoms with van der Waals surface area (Å²) in [5.74, 6) is 1.30. The quantitative estimate of drug-likeness (QED) is 0.698. The second-order valence-corrected chi connectivity index (χ2v) is 4.20. The monoisotopic (exact) mass is 232 g/mol. The Balaban J connectivity index is 2.43. The number of rotatable bonds is 6. The molecule has 1 aromatic carbocycles. The number of hydrogen-bond acceptors (Lipinski definition) is 2. The fourth-order valence-corrected chi connectivity index (χ4v) is 1.42. The summed E-state index contributed by atoms with van der Waals surface area (Å²) in [6.07, 6.45) is 0. The summed E-state index contributed by atoms with van der Waals surface area (Å²) in [5.41, 5.74) is 5.17. The van der Waals surface area contributed by atoms with E-state index in [1.165, 1.54) is 0 Å². The molecule has 2 nitrogen and oxygen atoms in total. The van der Waals surface area contributed by atoms with Crippen molar-refractivity contribution in [2.24, 2.45) is 5.92 Å². The van der Waals surface area contributed by atoms with Gasteiger partial charge in [0.25, 0.3) is 0 Å². The van der Waals surface area contributed by atoms with E-state index in [1.54, 1.807) is 7.11 Å². The van der Waals surface area contributed by atoms with Gasteiger partial charge in [-0.15, -0.1) is 5.73 Å². The maximum atomic E-state index is 5.63. The molecular weight excluding hydrogens is 212 g/mol. The van der Waals surface area contributed by atoms with Crippen molar-refractivity contribution in [3.63, 3.8) is 0 Å². The molecule has 0 saturated carbocycles. The molecule has 1 rings (SSSR count). The van der Waals surface area contributed by atoms with Crippen molar-refractivity contribution in [1.29, 1.82) is 0 Å². The van der Waals surface area contributed by atoms with Crippen LogP contribution >= 0.6 is 0 Å². The smallest absolute Gasteiger partial charge is 0.118 e. The highest BCUT2D eigenvalue weighted by Crippen LogP contribution is 2.13. The van der Waals surface area contributed by atoms with Gasteiger partial charge in [-0.1, -0.05) is 32.6 Å². The average Bonchev–Trinajstić information content (AvgIpc) is 2.35. The molecule has 0 fully saturated rings. The molecule has 0 amide bonds. The van der Waals surface area contributed by atoms with Gasteiger partial charge in [-0.3, -0.25) is 0 Å². The van der Waals surface area contributed by atoms with Gasteiger partial charge in [0, 0.05) is 0 Å². The SMILES string of the molecule is C=C=C(COCc1ccc(OC)cc1)C(C)C. The highest BCUT2D eigenvalue weighted by molar-refractivity contribution is 5.26. The highest BCUT2D eigenvalue weighted by atomic mass is 16.5. The van der Waals surface area contributed by atoms with Gasteiger partial charge >= 0.3 is 0 Å². The average molecular weight is 232 g/mol. The lowest BCUT2D eigenvalue weighted by atomic mass is 10.1. The van der Waals surface area contributed by atoms with Crippen molar-refractivity contribution in [1.82, 2.24) is 0 Å². The second kappa shape index (κ2) is 6.95. The standard InChI is InChI=1S/C15H20O2/c1-5-14(12(2)3)11-17-10-13-6-8-15(16-4)9-7-13/h6-9,12H,1,10-11H2,2-4H3. The van der Waals surface area contributed by atoms with Gasteiger partial charge < -0.3 is 9.47 Å². The first-order valence-corrected chi connectivity index (χ1v) is 5.77. The summed E-state index contributed by atoms with van der Waals surface area (Å²) in [6.45, 7) is 9.09. The summed E-state index contributed by atoms with van der Waals surface area (Å²) in [5, 5.41) is 0. The fourth-order valence-electron chi connectivity index (χ4n) is 1.42. The Labute approximate surface area is 104 Å². The second-order valence-electron chi connectivity index (χ2n) is 4.20. The number of methoxy groups -OCH3 is 1. The van der Waals surface area contributed by atoms with Crippen molar-refractivity contribution in [2.75, 3.05) is 13.7 Å². The van der Waals surface area contributed by atoms with Gasteiger partial charge in [0.1, 0.15) is 5.75 Å². The van der Waals surface area contributed by atoms with Crippen LogP contribution in [0, 0.1) is 5.92 Å². The minimum atomic E-state index is 0.434. The van der Waals surface area contributed by atoms with E-state index in [9.17, 15) is 0 Å². The zero-order valence-corrected chi connectivity index (χ0v) is 10.8. The molecule has 92 valence electrons. The van der Waals surface area contributed by atoms with Crippen molar-refractivity contribution in [3.05, 3.63) is 47.7 Å². The van der Waals surface area contributed by atoms with Gasteiger partial charge in [-0.2, -0.15) is 0 Å². The molecule has 2 heteroatoms. The molecule has 0 radical (unpaired) electrons. The first-order chi connectivity index (χ1) is 8.17. The van der Waals surface area contributed by atoms with E-state index >= 15 is 0 Å². The van der Waals surface area contributed by atoms with Crippen LogP contribution in [0.1, 0.15) is 19.4 Å². The van der Waals surface area contributed by atoms with Crippen LogP contribution in [0.15, 0.2) is 42.1 Å². The lowest BCUT2D eigenvalue weighted by Gasteiger charge is -2.09. The molecule has 0 bridgehead atoms. The van der Waals surface area contributed by atoms with Crippen LogP contribution in [0.2, 0.25) is 0 Å². The lowest BCUT2D eigenvalue weighted by molar-refractivity contribution is 0.138. The molecule has 0 atom stereocenters. The van der Waals surface area contributed by atoms with E-state index in [0.717, 1.165) is 16.9 Å². The van der Waals surface area contributed by atoms with Gasteiger partial charge in [-0.25, -0.2) is 0 Å². The number of ether oxygens (including phenoxy) is 2. The van der Waals surface area contributed by atoms with Crippen molar-refractivity contribution >= 4 is 0 Å². The van der Waals surface area contributed by atoms with Crippen LogP contribution in [0.5, 0.6) is 5.75 Å². The highest BCUT2D eigenvalue weighted by Gasteiger charge is 2.02. The lowest BCUT2D eigenvalue weighted by Crippen LogP contribution is -2.03. The Kier molecular flexibility index (Phi) is 5.55. The normalized spacial score (nSPS) is 10.1. The fraction of sp³-hybridized carbons (Fsp3) is 0.400. The van der Waals surface area contributed by atoms with Crippen molar-refractivity contribution in [2.45, 2.75) is 20.5 Å². The molecule has 0 aliphatic carbocycles. The van der Waals surface area contributed by atoms with Crippen LogP contribution in [-0.2, 0) is 11.3 Å². The summed E-state index contributed by atoms with van der Waals surface area (Å²) in [7, 11) is 1.66. The minimum absolute atomic E-state index is 0.434. The van der Waals surface area contributed by atoms with Crippen LogP contribution in [0.25, 0.3) is 0 Å². The van der Waals surface area contributed by atoms with Gasteiger partial charge in [0.15, 0.2) is 0 Å². The van der Waals surface area contributed by atoms with Gasteiger partial charge in [-0.05, 0) is 29.2 Å². The van der Waals surface area contributed by atoms with E-state index in [4.69, 9.17) is 9.47 Å². The molecular formula is C15H20O2. The van der Waals surface area contributed by atoms with Crippen molar-refractivity contribution < 1.29 is 9.47 Å².